The van der Waals surface area contributed by atoms with Crippen LogP contribution in [0.15, 0.2) is 10.7 Å². The second-order valence-corrected chi connectivity index (χ2v) is 4.11. The molecule has 2 heterocycles. The Morgan fingerprint density at radius 1 is 1.73 bits per heavy atom. The Hall–Kier alpha value is -1.16. The van der Waals surface area contributed by atoms with Crippen LogP contribution in [0.4, 0.5) is 0 Å². The van der Waals surface area contributed by atoms with E-state index in [0.29, 0.717) is 12.5 Å². The number of rotatable bonds is 4. The highest BCUT2D eigenvalue weighted by molar-refractivity contribution is 5.77. The molecule has 1 aromatic rings. The van der Waals surface area contributed by atoms with Gasteiger partial charge in [-0.3, -0.25) is 4.79 Å². The van der Waals surface area contributed by atoms with Gasteiger partial charge in [0, 0.05) is 12.5 Å². The Balaban J connectivity index is 1.91. The first kappa shape index (κ1) is 10.4. The van der Waals surface area contributed by atoms with Gasteiger partial charge in [-0.2, -0.15) is 0 Å². The van der Waals surface area contributed by atoms with Crippen molar-refractivity contribution in [1.82, 2.24) is 10.3 Å². The van der Waals surface area contributed by atoms with E-state index in [1.807, 2.05) is 0 Å². The first-order valence-corrected chi connectivity index (χ1v) is 5.40. The number of nitrogens with zero attached hydrogens (tertiary/aromatic N) is 1. The number of hydrogen-bond donors (Lipinski definition) is 1. The smallest absolute Gasteiger partial charge is 0.195 e. The van der Waals surface area contributed by atoms with Crippen LogP contribution in [0.25, 0.3) is 0 Å². The number of hydrogen-bond acceptors (Lipinski definition) is 4. The van der Waals surface area contributed by atoms with Crippen molar-refractivity contribution in [3.8, 4) is 0 Å². The first-order chi connectivity index (χ1) is 7.24. The van der Waals surface area contributed by atoms with Gasteiger partial charge < -0.3 is 9.73 Å². The fourth-order valence-corrected chi connectivity index (χ4v) is 1.92. The van der Waals surface area contributed by atoms with E-state index >= 15 is 0 Å². The van der Waals surface area contributed by atoms with Crippen molar-refractivity contribution in [2.45, 2.75) is 38.6 Å². The number of aromatic nitrogens is 1. The van der Waals surface area contributed by atoms with Gasteiger partial charge >= 0.3 is 0 Å². The summed E-state index contributed by atoms with van der Waals surface area (Å²) in [6.07, 6.45) is 5.21. The third kappa shape index (κ3) is 2.89. The second-order valence-electron chi connectivity index (χ2n) is 4.11. The highest BCUT2D eigenvalue weighted by Gasteiger charge is 2.17. The summed E-state index contributed by atoms with van der Waals surface area (Å²) in [5.41, 5.74) is 0.746. The zero-order valence-corrected chi connectivity index (χ0v) is 8.95. The molecule has 1 N–H and O–H groups in total. The average molecular weight is 208 g/mol. The highest BCUT2D eigenvalue weighted by Crippen LogP contribution is 2.12. The summed E-state index contributed by atoms with van der Waals surface area (Å²) in [4.78, 5) is 15.2. The predicted molar refractivity (Wildman–Crippen MR) is 55.6 cm³/mol. The van der Waals surface area contributed by atoms with Crippen molar-refractivity contribution >= 4 is 5.78 Å². The molecular formula is C11H16N2O2. The number of ketones is 1. The van der Waals surface area contributed by atoms with Crippen LogP contribution in [-0.4, -0.2) is 23.4 Å². The quantitative estimate of drug-likeness (QED) is 0.805. The minimum absolute atomic E-state index is 0.119. The molecule has 4 nitrogen and oxygen atoms in total. The van der Waals surface area contributed by atoms with Crippen LogP contribution in [0, 0.1) is 0 Å². The molecule has 4 heteroatoms. The second kappa shape index (κ2) is 4.57. The summed E-state index contributed by atoms with van der Waals surface area (Å²) in [6.45, 7) is 2.65. The van der Waals surface area contributed by atoms with Crippen LogP contribution in [0.1, 0.15) is 31.4 Å². The summed E-state index contributed by atoms with van der Waals surface area (Å²) in [6, 6.07) is 0.494. The van der Waals surface area contributed by atoms with Crippen molar-refractivity contribution in [3.05, 3.63) is 17.8 Å². The topological polar surface area (TPSA) is 55.1 Å². The standard InChI is InChI=1S/C11H16N2O2/c1-8(14)5-10-7-15-11(13-10)6-9-3-2-4-12-9/h7,9,12H,2-6H2,1H3. The van der Waals surface area contributed by atoms with Gasteiger partial charge in [-0.15, -0.1) is 0 Å². The molecule has 0 bridgehead atoms. The lowest BCUT2D eigenvalue weighted by molar-refractivity contribution is -0.116. The third-order valence-corrected chi connectivity index (χ3v) is 2.61. The molecule has 2 rings (SSSR count). The third-order valence-electron chi connectivity index (χ3n) is 2.61. The monoisotopic (exact) mass is 208 g/mol. The van der Waals surface area contributed by atoms with Crippen molar-refractivity contribution in [3.63, 3.8) is 0 Å². The molecule has 1 atom stereocenters. The normalized spacial score (nSPS) is 20.7. The van der Waals surface area contributed by atoms with Crippen molar-refractivity contribution in [2.75, 3.05) is 6.54 Å². The zero-order chi connectivity index (χ0) is 10.7. The van der Waals surface area contributed by atoms with Gasteiger partial charge in [0.2, 0.25) is 0 Å². The summed E-state index contributed by atoms with van der Waals surface area (Å²) >= 11 is 0. The fourth-order valence-electron chi connectivity index (χ4n) is 1.92. The number of nitrogens with one attached hydrogen (secondary N) is 1. The molecule has 0 aliphatic carbocycles. The largest absolute Gasteiger partial charge is 0.449 e. The Bertz CT molecular complexity index is 340. The summed E-state index contributed by atoms with van der Waals surface area (Å²) in [5, 5.41) is 3.39. The Morgan fingerprint density at radius 3 is 3.27 bits per heavy atom. The molecule has 1 aromatic heterocycles. The van der Waals surface area contributed by atoms with Crippen LogP contribution in [-0.2, 0) is 17.6 Å². The molecule has 1 saturated heterocycles. The van der Waals surface area contributed by atoms with E-state index in [2.05, 4.69) is 10.3 Å². The van der Waals surface area contributed by atoms with Gasteiger partial charge in [-0.05, 0) is 26.3 Å². The van der Waals surface area contributed by atoms with Crippen LogP contribution in [0.5, 0.6) is 0 Å². The lowest BCUT2D eigenvalue weighted by Gasteiger charge is -2.05. The van der Waals surface area contributed by atoms with E-state index in [1.54, 1.807) is 13.2 Å². The molecule has 1 unspecified atom stereocenters. The number of carbonyl (C=O) groups excluding carboxylic acids is 1. The average Bonchev–Trinajstić information content (AvgIpc) is 2.77. The van der Waals surface area contributed by atoms with E-state index in [4.69, 9.17) is 4.42 Å². The minimum atomic E-state index is 0.119. The van der Waals surface area contributed by atoms with Gasteiger partial charge in [0.15, 0.2) is 5.89 Å². The SMILES string of the molecule is CC(=O)Cc1coc(CC2CCCN2)n1. The molecule has 0 aromatic carbocycles. The highest BCUT2D eigenvalue weighted by atomic mass is 16.3. The Labute approximate surface area is 89.1 Å². The minimum Gasteiger partial charge on any atom is -0.449 e. The number of oxazole rings is 1. The molecule has 82 valence electrons. The van der Waals surface area contributed by atoms with Crippen molar-refractivity contribution in [2.24, 2.45) is 0 Å². The van der Waals surface area contributed by atoms with E-state index in [-0.39, 0.29) is 5.78 Å². The first-order valence-electron chi connectivity index (χ1n) is 5.40. The maximum Gasteiger partial charge on any atom is 0.195 e. The summed E-state index contributed by atoms with van der Waals surface area (Å²) in [7, 11) is 0. The lowest BCUT2D eigenvalue weighted by atomic mass is 10.1. The molecular weight excluding hydrogens is 192 g/mol. The van der Waals surface area contributed by atoms with E-state index in [1.165, 1.54) is 12.8 Å². The maximum atomic E-state index is 10.9. The molecule has 1 fully saturated rings. The Kier molecular flexibility index (Phi) is 3.16. The van der Waals surface area contributed by atoms with E-state index in [0.717, 1.165) is 24.6 Å². The number of carbonyl (C=O) groups is 1. The van der Waals surface area contributed by atoms with Crippen molar-refractivity contribution in [1.29, 1.82) is 0 Å². The van der Waals surface area contributed by atoms with Crippen LogP contribution >= 0.6 is 0 Å². The van der Waals surface area contributed by atoms with Crippen LogP contribution in [0.3, 0.4) is 0 Å². The zero-order valence-electron chi connectivity index (χ0n) is 8.95. The van der Waals surface area contributed by atoms with Gasteiger partial charge in [0.05, 0.1) is 12.1 Å². The van der Waals surface area contributed by atoms with Crippen LogP contribution < -0.4 is 5.32 Å². The van der Waals surface area contributed by atoms with Gasteiger partial charge in [-0.25, -0.2) is 4.98 Å². The van der Waals surface area contributed by atoms with Gasteiger partial charge in [0.25, 0.3) is 0 Å². The molecule has 0 saturated carbocycles. The Morgan fingerprint density at radius 2 is 2.60 bits per heavy atom. The molecule has 1 aliphatic heterocycles. The van der Waals surface area contributed by atoms with Crippen LogP contribution in [0.2, 0.25) is 0 Å². The molecule has 1 aliphatic rings. The molecule has 0 radical (unpaired) electrons. The van der Waals surface area contributed by atoms with E-state index in [9.17, 15) is 4.79 Å². The predicted octanol–water partition coefficient (Wildman–Crippen LogP) is 1.10. The maximum absolute atomic E-state index is 10.9. The molecule has 0 amide bonds. The van der Waals surface area contributed by atoms with E-state index < -0.39 is 0 Å². The van der Waals surface area contributed by atoms with Crippen molar-refractivity contribution < 1.29 is 9.21 Å². The van der Waals surface area contributed by atoms with Gasteiger partial charge in [0.1, 0.15) is 12.0 Å². The number of Topliss-reactive ketones (excluding diaryl/α,β-unsaturated/α-hetero) is 1. The molecule has 15 heavy (non-hydrogen) atoms. The lowest BCUT2D eigenvalue weighted by Crippen LogP contribution is -2.23. The summed E-state index contributed by atoms with van der Waals surface area (Å²) in [5.74, 6) is 0.861. The van der Waals surface area contributed by atoms with Gasteiger partial charge in [-0.1, -0.05) is 0 Å². The fraction of sp³-hybridized carbons (Fsp3) is 0.636. The molecule has 0 spiro atoms. The summed E-state index contributed by atoms with van der Waals surface area (Å²) < 4.78 is 5.32.